The average Bonchev–Trinajstić information content (AvgIpc) is 4.15. The molecule has 2 saturated carbocycles. The molecule has 5 fully saturated rings. The zero-order valence-electron chi connectivity index (χ0n) is 42.8. The molecule has 4 aliphatic heterocycles. The summed E-state index contributed by atoms with van der Waals surface area (Å²) in [6.45, 7) is 14.8. The number of hydrogen-bond donors (Lipinski definition) is 3. The molecule has 1 amide bonds. The van der Waals surface area contributed by atoms with Crippen molar-refractivity contribution >= 4 is 55.4 Å². The standard InChI is InChI=1S/C56H70N8O8S/c1-35(2)42-9-6-7-10-43(42)46-11-8-24-62(46)40-30-56(31-40)21-25-61(26-22-56)39-12-14-44(47(28-39)63-49-27-38-18-23-57-52(38)59-54(49)71-51-34-70-33-50(51)63)53(65)60-73(68,69)41-13-15-45(48(29-41)64(66)67)58-32-37-16-19-55(5,20-17-37)72-36(3)4/h6-7,9-10,12-15,18,23,27-29,35-37,40,46,50-51,58H,8,11,16-17,19-22,24-26,30-34H2,1-5H3,(H,57,59)(H,60,65)/t37?,46-,50-,51-,55?/m0/s1. The first-order valence-corrected chi connectivity index (χ1v) is 28.1. The number of sulfonamides is 1. The van der Waals surface area contributed by atoms with Crippen LogP contribution in [-0.2, 0) is 19.5 Å². The second-order valence-corrected chi connectivity index (χ2v) is 24.3. The number of nitrogens with zero attached hydrogens (tertiary/aromatic N) is 5. The average molecular weight is 1020 g/mol. The molecule has 0 radical (unpaired) electrons. The Morgan fingerprint density at radius 1 is 0.945 bits per heavy atom. The van der Waals surface area contributed by atoms with Gasteiger partial charge in [-0.05, 0) is 162 Å². The number of carbonyl (C=O) groups is 1. The van der Waals surface area contributed by atoms with E-state index >= 15 is 0 Å². The van der Waals surface area contributed by atoms with Gasteiger partial charge in [0.1, 0.15) is 23.1 Å². The van der Waals surface area contributed by atoms with Crippen LogP contribution >= 0.6 is 0 Å². The van der Waals surface area contributed by atoms with Crippen molar-refractivity contribution in [3.05, 3.63) is 106 Å². The van der Waals surface area contributed by atoms with Crippen LogP contribution in [0.25, 0.3) is 11.0 Å². The van der Waals surface area contributed by atoms with E-state index in [2.05, 4.69) is 69.9 Å². The van der Waals surface area contributed by atoms with Crippen molar-refractivity contribution in [3.63, 3.8) is 0 Å². The van der Waals surface area contributed by atoms with Crippen LogP contribution < -0.4 is 24.6 Å². The Morgan fingerprint density at radius 2 is 1.73 bits per heavy atom. The summed E-state index contributed by atoms with van der Waals surface area (Å²) in [7, 11) is -4.61. The SMILES string of the molecule is CC(C)OC1(C)CCC(CNc2ccc(S(=O)(=O)NC(=O)c3ccc(N4CCC5(CC4)CC(N4CCC[C@H]4c4ccccc4C(C)C)C5)cc3N3c4cc5cc[nH]c5nc4O[C@H]4COC[C@@H]43)cc2[N+](=O)[O-])CC1. The van der Waals surface area contributed by atoms with Crippen LogP contribution in [0.4, 0.5) is 28.4 Å². The van der Waals surface area contributed by atoms with E-state index in [4.69, 9.17) is 19.2 Å². The molecule has 0 unspecified atom stereocenters. The van der Waals surface area contributed by atoms with Gasteiger partial charge in [0.15, 0.2) is 0 Å². The maximum atomic E-state index is 14.7. The van der Waals surface area contributed by atoms with Crippen LogP contribution in [0.1, 0.15) is 132 Å². The molecule has 3 atom stereocenters. The van der Waals surface area contributed by atoms with Gasteiger partial charge in [0, 0.05) is 55.1 Å². The molecular formula is C56H70N8O8S. The molecule has 16 nitrogen and oxygen atoms in total. The number of hydrogen-bond acceptors (Lipinski definition) is 13. The molecule has 6 aliphatic rings. The summed E-state index contributed by atoms with van der Waals surface area (Å²) >= 11 is 0. The lowest BCUT2D eigenvalue weighted by Crippen LogP contribution is -2.55. The molecule has 11 rings (SSSR count). The number of piperidine rings is 1. The number of anilines is 4. The van der Waals surface area contributed by atoms with Crippen molar-refractivity contribution in [2.24, 2.45) is 11.3 Å². The van der Waals surface area contributed by atoms with E-state index in [-0.39, 0.29) is 40.3 Å². The summed E-state index contributed by atoms with van der Waals surface area (Å²) in [6.07, 6.45) is 12.1. The predicted octanol–water partition coefficient (Wildman–Crippen LogP) is 10.4. The number of amides is 1. The molecule has 2 aromatic heterocycles. The van der Waals surface area contributed by atoms with Crippen LogP contribution in [0.2, 0.25) is 0 Å². The number of nitrogens with one attached hydrogen (secondary N) is 3. The number of carbonyl (C=O) groups excluding carboxylic acids is 1. The highest BCUT2D eigenvalue weighted by molar-refractivity contribution is 7.90. The zero-order chi connectivity index (χ0) is 50.8. The molecule has 388 valence electrons. The molecule has 3 aromatic carbocycles. The van der Waals surface area contributed by atoms with Gasteiger partial charge < -0.3 is 34.3 Å². The van der Waals surface area contributed by atoms with Crippen LogP contribution in [0.5, 0.6) is 5.88 Å². The molecule has 0 bridgehead atoms. The Morgan fingerprint density at radius 3 is 2.48 bits per heavy atom. The van der Waals surface area contributed by atoms with E-state index in [1.807, 2.05) is 49.2 Å². The Balaban J connectivity index is 0.839. The van der Waals surface area contributed by atoms with Crippen molar-refractivity contribution < 1.29 is 32.3 Å². The maximum absolute atomic E-state index is 14.7. The number of rotatable bonds is 14. The third kappa shape index (κ3) is 9.66. The summed E-state index contributed by atoms with van der Waals surface area (Å²) < 4.78 is 49.4. The van der Waals surface area contributed by atoms with Crippen molar-refractivity contribution in [2.75, 3.05) is 54.5 Å². The number of benzene rings is 3. The molecule has 5 aromatic rings. The number of H-pyrrole nitrogens is 1. The van der Waals surface area contributed by atoms with Gasteiger partial charge in [-0.15, -0.1) is 0 Å². The minimum Gasteiger partial charge on any atom is -0.468 e. The number of likely N-dealkylation sites (tertiary alicyclic amines) is 1. The fraction of sp³-hybridized carbons (Fsp3) is 0.536. The summed E-state index contributed by atoms with van der Waals surface area (Å²) in [5.74, 6) is 0.269. The van der Waals surface area contributed by atoms with Crippen LogP contribution in [-0.4, -0.2) is 103 Å². The number of aromatic amines is 1. The lowest BCUT2D eigenvalue weighted by atomic mass is 9.59. The van der Waals surface area contributed by atoms with E-state index < -0.39 is 37.5 Å². The van der Waals surface area contributed by atoms with E-state index in [1.54, 1.807) is 6.07 Å². The highest BCUT2D eigenvalue weighted by Gasteiger charge is 2.50. The van der Waals surface area contributed by atoms with Gasteiger partial charge in [-0.25, -0.2) is 13.1 Å². The smallest absolute Gasteiger partial charge is 0.293 e. The molecule has 2 aliphatic carbocycles. The van der Waals surface area contributed by atoms with Crippen LogP contribution in [0.15, 0.2) is 83.9 Å². The van der Waals surface area contributed by atoms with E-state index in [0.29, 0.717) is 60.7 Å². The van der Waals surface area contributed by atoms with Crippen LogP contribution in [0, 0.1) is 21.4 Å². The number of aromatic nitrogens is 2. The molecule has 1 spiro atoms. The number of ether oxygens (including phenoxy) is 3. The number of pyridine rings is 1. The van der Waals surface area contributed by atoms with Gasteiger partial charge in [0.25, 0.3) is 21.6 Å². The van der Waals surface area contributed by atoms with Gasteiger partial charge in [-0.3, -0.25) is 19.8 Å². The van der Waals surface area contributed by atoms with Gasteiger partial charge >= 0.3 is 0 Å². The second kappa shape index (κ2) is 19.5. The third-order valence-electron chi connectivity index (χ3n) is 17.1. The monoisotopic (exact) mass is 1010 g/mol. The quantitative estimate of drug-likeness (QED) is 0.0706. The first-order valence-electron chi connectivity index (χ1n) is 26.6. The minimum atomic E-state index is -4.61. The molecule has 3 saturated heterocycles. The van der Waals surface area contributed by atoms with Gasteiger partial charge in [0.2, 0.25) is 5.88 Å². The summed E-state index contributed by atoms with van der Waals surface area (Å²) in [6, 6.07) is 23.0. The normalized spacial score (nSPS) is 25.2. The first-order chi connectivity index (χ1) is 35.1. The Kier molecular flexibility index (Phi) is 13.2. The molecule has 73 heavy (non-hydrogen) atoms. The minimum absolute atomic E-state index is 0.115. The van der Waals surface area contributed by atoms with Gasteiger partial charge in [-0.2, -0.15) is 4.98 Å². The van der Waals surface area contributed by atoms with Gasteiger partial charge in [-0.1, -0.05) is 38.1 Å². The van der Waals surface area contributed by atoms with Crippen molar-refractivity contribution in [3.8, 4) is 5.88 Å². The van der Waals surface area contributed by atoms with E-state index in [1.165, 1.54) is 48.9 Å². The van der Waals surface area contributed by atoms with Gasteiger partial charge in [0.05, 0.1) is 52.0 Å². The fourth-order valence-electron chi connectivity index (χ4n) is 13.2. The summed E-state index contributed by atoms with van der Waals surface area (Å²) in [5, 5.41) is 16.5. The molecule has 17 heteroatoms. The van der Waals surface area contributed by atoms with Crippen LogP contribution in [0.3, 0.4) is 0 Å². The van der Waals surface area contributed by atoms with Crippen molar-refractivity contribution in [1.29, 1.82) is 0 Å². The second-order valence-electron chi connectivity index (χ2n) is 22.6. The number of fused-ring (bicyclic) bond motifs is 3. The summed E-state index contributed by atoms with van der Waals surface area (Å²) in [5.41, 5.74) is 5.70. The Bertz CT molecular complexity index is 2990. The van der Waals surface area contributed by atoms with E-state index in [9.17, 15) is 23.3 Å². The lowest BCUT2D eigenvalue weighted by molar-refractivity contribution is -0.384. The molecule has 6 heterocycles. The lowest BCUT2D eigenvalue weighted by Gasteiger charge is -2.56. The van der Waals surface area contributed by atoms with Crippen molar-refractivity contribution in [2.45, 2.75) is 146 Å². The largest absolute Gasteiger partial charge is 0.468 e. The Labute approximate surface area is 428 Å². The number of nitro groups is 1. The fourth-order valence-corrected chi connectivity index (χ4v) is 14.2. The molecular weight excluding hydrogens is 945 g/mol. The number of nitro benzene ring substituents is 1. The molecule has 3 N–H and O–H groups in total. The highest BCUT2D eigenvalue weighted by Crippen LogP contribution is 2.55. The first kappa shape index (κ1) is 49.5. The predicted molar refractivity (Wildman–Crippen MR) is 283 cm³/mol. The third-order valence-corrected chi connectivity index (χ3v) is 18.4. The van der Waals surface area contributed by atoms with Crippen molar-refractivity contribution in [1.82, 2.24) is 19.6 Å². The highest BCUT2D eigenvalue weighted by atomic mass is 32.2. The maximum Gasteiger partial charge on any atom is 0.293 e. The Hall–Kier alpha value is -5.75. The zero-order valence-corrected chi connectivity index (χ0v) is 43.6. The van der Waals surface area contributed by atoms with E-state index in [0.717, 1.165) is 75.3 Å². The summed E-state index contributed by atoms with van der Waals surface area (Å²) in [4.78, 5) is 41.4. The topological polar surface area (TPSA) is 184 Å².